The Labute approximate surface area is 115 Å². The van der Waals surface area contributed by atoms with Crippen molar-refractivity contribution in [3.05, 3.63) is 42.9 Å². The summed E-state index contributed by atoms with van der Waals surface area (Å²) in [6.07, 6.45) is 3.15. The van der Waals surface area contributed by atoms with Crippen LogP contribution in [0.1, 0.15) is 0 Å². The summed E-state index contributed by atoms with van der Waals surface area (Å²) in [5.74, 6) is 1.42. The molecule has 0 aliphatic heterocycles. The number of nitrogen functional groups attached to an aromatic ring is 1. The van der Waals surface area contributed by atoms with Gasteiger partial charge >= 0.3 is 0 Å². The van der Waals surface area contributed by atoms with Gasteiger partial charge in [-0.25, -0.2) is 9.97 Å². The van der Waals surface area contributed by atoms with Crippen molar-refractivity contribution in [3.8, 4) is 23.2 Å². The molecule has 0 fully saturated rings. The summed E-state index contributed by atoms with van der Waals surface area (Å²) < 4.78 is 6.54. The quantitative estimate of drug-likeness (QED) is 0.720. The molecule has 100 valence electrons. The Hall–Kier alpha value is -2.96. The Kier molecular flexibility index (Phi) is 3.00. The molecule has 0 unspecified atom stereocenters. The van der Waals surface area contributed by atoms with Crippen molar-refractivity contribution in [3.63, 3.8) is 0 Å². The van der Waals surface area contributed by atoms with E-state index in [0.29, 0.717) is 23.3 Å². The fraction of sp³-hybridized carbons (Fsp3) is 0.0769. The monoisotopic (exact) mass is 268 g/mol. The van der Waals surface area contributed by atoms with Crippen LogP contribution >= 0.6 is 0 Å². The number of ether oxygens (including phenoxy) is 1. The number of anilines is 1. The number of nitrogens with two attached hydrogens (primary N) is 1. The van der Waals surface area contributed by atoms with Crippen LogP contribution in [-0.4, -0.2) is 31.8 Å². The van der Waals surface area contributed by atoms with Crippen LogP contribution in [0, 0.1) is 0 Å². The van der Waals surface area contributed by atoms with Gasteiger partial charge in [-0.2, -0.15) is 9.67 Å². The summed E-state index contributed by atoms with van der Waals surface area (Å²) in [4.78, 5) is 12.6. The van der Waals surface area contributed by atoms with Gasteiger partial charge in [-0.3, -0.25) is 0 Å². The third-order valence-electron chi connectivity index (χ3n) is 2.67. The average Bonchev–Trinajstić information content (AvgIpc) is 2.97. The lowest BCUT2D eigenvalue weighted by Crippen LogP contribution is -2.02. The van der Waals surface area contributed by atoms with E-state index < -0.39 is 0 Å². The highest BCUT2D eigenvalue weighted by Gasteiger charge is 2.08. The molecule has 7 nitrogen and oxygen atoms in total. The molecular weight excluding hydrogens is 256 g/mol. The van der Waals surface area contributed by atoms with Crippen LogP contribution in [0.4, 0.5) is 5.69 Å². The van der Waals surface area contributed by atoms with Gasteiger partial charge in [0.2, 0.25) is 5.88 Å². The standard InChI is InChI=1S/C13H12N6O/c1-20-11-5-6-15-13(17-11)19-8-16-12(18-19)9-3-2-4-10(14)7-9/h2-8H,14H2,1H3. The molecule has 0 atom stereocenters. The predicted molar refractivity (Wildman–Crippen MR) is 73.3 cm³/mol. The Morgan fingerprint density at radius 3 is 2.90 bits per heavy atom. The first kappa shape index (κ1) is 12.1. The predicted octanol–water partition coefficient (Wildman–Crippen LogP) is 1.32. The van der Waals surface area contributed by atoms with Crippen LogP contribution in [0.3, 0.4) is 0 Å². The van der Waals surface area contributed by atoms with E-state index in [-0.39, 0.29) is 0 Å². The Balaban J connectivity index is 1.97. The third-order valence-corrected chi connectivity index (χ3v) is 2.67. The number of nitrogens with zero attached hydrogens (tertiary/aromatic N) is 5. The van der Waals surface area contributed by atoms with Crippen molar-refractivity contribution in [1.29, 1.82) is 0 Å². The lowest BCUT2D eigenvalue weighted by Gasteiger charge is -2.01. The molecule has 0 amide bonds. The van der Waals surface area contributed by atoms with Crippen molar-refractivity contribution in [1.82, 2.24) is 24.7 Å². The summed E-state index contributed by atoms with van der Waals surface area (Å²) in [6, 6.07) is 9.03. The summed E-state index contributed by atoms with van der Waals surface area (Å²) in [7, 11) is 1.55. The van der Waals surface area contributed by atoms with Crippen LogP contribution in [0.15, 0.2) is 42.9 Å². The molecule has 0 aliphatic rings. The van der Waals surface area contributed by atoms with Crippen LogP contribution < -0.4 is 10.5 Å². The molecule has 0 saturated heterocycles. The van der Waals surface area contributed by atoms with E-state index in [1.54, 1.807) is 25.7 Å². The SMILES string of the molecule is COc1ccnc(-n2cnc(-c3cccc(N)c3)n2)n1. The first-order valence-corrected chi connectivity index (χ1v) is 5.91. The molecule has 7 heteroatoms. The maximum atomic E-state index is 5.75. The van der Waals surface area contributed by atoms with E-state index in [2.05, 4.69) is 20.1 Å². The normalized spacial score (nSPS) is 10.4. The molecule has 2 N–H and O–H groups in total. The minimum Gasteiger partial charge on any atom is -0.481 e. The number of rotatable bonds is 3. The second kappa shape index (κ2) is 4.96. The Morgan fingerprint density at radius 2 is 2.10 bits per heavy atom. The van der Waals surface area contributed by atoms with Gasteiger partial charge in [0, 0.05) is 23.5 Å². The van der Waals surface area contributed by atoms with Gasteiger partial charge in [0.05, 0.1) is 7.11 Å². The second-order valence-corrected chi connectivity index (χ2v) is 4.04. The first-order chi connectivity index (χ1) is 9.76. The van der Waals surface area contributed by atoms with Crippen molar-refractivity contribution in [2.24, 2.45) is 0 Å². The maximum absolute atomic E-state index is 5.75. The lowest BCUT2D eigenvalue weighted by atomic mass is 10.2. The number of hydrogen-bond acceptors (Lipinski definition) is 6. The summed E-state index contributed by atoms with van der Waals surface area (Å²) in [6.45, 7) is 0. The van der Waals surface area contributed by atoms with Crippen molar-refractivity contribution in [2.45, 2.75) is 0 Å². The highest BCUT2D eigenvalue weighted by atomic mass is 16.5. The van der Waals surface area contributed by atoms with Gasteiger partial charge in [0.25, 0.3) is 5.95 Å². The Morgan fingerprint density at radius 1 is 1.20 bits per heavy atom. The number of aromatic nitrogens is 5. The van der Waals surface area contributed by atoms with E-state index in [1.165, 1.54) is 4.68 Å². The van der Waals surface area contributed by atoms with Crippen LogP contribution in [0.2, 0.25) is 0 Å². The molecule has 0 bridgehead atoms. The third kappa shape index (κ3) is 2.28. The van der Waals surface area contributed by atoms with E-state index in [4.69, 9.17) is 10.5 Å². The van der Waals surface area contributed by atoms with Crippen LogP contribution in [0.5, 0.6) is 5.88 Å². The molecular formula is C13H12N6O. The average molecular weight is 268 g/mol. The minimum absolute atomic E-state index is 0.395. The molecule has 2 aromatic heterocycles. The van der Waals surface area contributed by atoms with Crippen LogP contribution in [0.25, 0.3) is 17.3 Å². The molecule has 3 rings (SSSR count). The molecule has 20 heavy (non-hydrogen) atoms. The fourth-order valence-electron chi connectivity index (χ4n) is 1.73. The van der Waals surface area contributed by atoms with Gasteiger partial charge < -0.3 is 10.5 Å². The largest absolute Gasteiger partial charge is 0.481 e. The molecule has 0 saturated carbocycles. The highest BCUT2D eigenvalue weighted by Crippen LogP contribution is 2.17. The zero-order valence-electron chi connectivity index (χ0n) is 10.8. The number of methoxy groups -OCH3 is 1. The van der Waals surface area contributed by atoms with E-state index in [9.17, 15) is 0 Å². The first-order valence-electron chi connectivity index (χ1n) is 5.91. The van der Waals surface area contributed by atoms with E-state index in [0.717, 1.165) is 5.56 Å². The smallest absolute Gasteiger partial charge is 0.255 e. The van der Waals surface area contributed by atoms with Crippen molar-refractivity contribution in [2.75, 3.05) is 12.8 Å². The zero-order valence-corrected chi connectivity index (χ0v) is 10.8. The zero-order chi connectivity index (χ0) is 13.9. The van der Waals surface area contributed by atoms with E-state index >= 15 is 0 Å². The van der Waals surface area contributed by atoms with E-state index in [1.807, 2.05) is 24.3 Å². The van der Waals surface area contributed by atoms with Crippen molar-refractivity contribution < 1.29 is 4.74 Å². The topological polar surface area (TPSA) is 91.7 Å². The van der Waals surface area contributed by atoms with Gasteiger partial charge in [-0.15, -0.1) is 5.10 Å². The maximum Gasteiger partial charge on any atom is 0.255 e. The van der Waals surface area contributed by atoms with Gasteiger partial charge in [-0.05, 0) is 12.1 Å². The van der Waals surface area contributed by atoms with Crippen molar-refractivity contribution >= 4 is 5.69 Å². The second-order valence-electron chi connectivity index (χ2n) is 4.04. The fourth-order valence-corrected chi connectivity index (χ4v) is 1.73. The molecule has 0 spiro atoms. The summed E-state index contributed by atoms with van der Waals surface area (Å²) in [5.41, 5.74) is 7.25. The Bertz CT molecular complexity index is 739. The number of benzene rings is 1. The molecule has 0 radical (unpaired) electrons. The van der Waals surface area contributed by atoms with Crippen LogP contribution in [-0.2, 0) is 0 Å². The molecule has 3 aromatic rings. The summed E-state index contributed by atoms with van der Waals surface area (Å²) in [5, 5.41) is 4.34. The van der Waals surface area contributed by atoms with Gasteiger partial charge in [0.15, 0.2) is 5.82 Å². The summed E-state index contributed by atoms with van der Waals surface area (Å²) >= 11 is 0. The number of hydrogen-bond donors (Lipinski definition) is 1. The lowest BCUT2D eigenvalue weighted by molar-refractivity contribution is 0.395. The minimum atomic E-state index is 0.395. The molecule has 1 aromatic carbocycles. The highest BCUT2D eigenvalue weighted by molar-refractivity contribution is 5.60. The molecule has 2 heterocycles. The van der Waals surface area contributed by atoms with Gasteiger partial charge in [-0.1, -0.05) is 12.1 Å². The van der Waals surface area contributed by atoms with Gasteiger partial charge in [0.1, 0.15) is 6.33 Å². The molecule has 0 aliphatic carbocycles.